The average Bonchev–Trinajstić information content (AvgIpc) is 3.29. The molecule has 0 bridgehead atoms. The molecule has 1 aliphatic heterocycles. The summed E-state index contributed by atoms with van der Waals surface area (Å²) in [6, 6.07) is 6.04. The summed E-state index contributed by atoms with van der Waals surface area (Å²) in [7, 11) is 1.69. The summed E-state index contributed by atoms with van der Waals surface area (Å²) in [5, 5.41) is 8.62. The number of nitrogens with one attached hydrogen (secondary N) is 2. The van der Waals surface area contributed by atoms with Gasteiger partial charge in [0.25, 0.3) is 0 Å². The van der Waals surface area contributed by atoms with Crippen LogP contribution in [0.5, 0.6) is 5.75 Å². The monoisotopic (exact) mass is 535 g/mol. The van der Waals surface area contributed by atoms with Gasteiger partial charge >= 0.3 is 0 Å². The summed E-state index contributed by atoms with van der Waals surface area (Å²) in [5.41, 5.74) is 1.04. The van der Waals surface area contributed by atoms with Crippen molar-refractivity contribution >= 4 is 58.6 Å². The maximum Gasteiger partial charge on any atom is 0.191 e. The van der Waals surface area contributed by atoms with Crippen LogP contribution < -0.4 is 20.3 Å². The van der Waals surface area contributed by atoms with Crippen LogP contribution in [-0.4, -0.2) is 43.7 Å². The van der Waals surface area contributed by atoms with E-state index in [0.717, 1.165) is 53.5 Å². The van der Waals surface area contributed by atoms with Gasteiger partial charge < -0.3 is 20.3 Å². The fraction of sp³-hybridized carbons (Fsp3) is 0.474. The summed E-state index contributed by atoms with van der Waals surface area (Å²) in [6.07, 6.45) is 2.92. The molecular formula is C19H27ClIN5OS. The first kappa shape index (κ1) is 23.0. The molecule has 2 N–H and O–H groups in total. The van der Waals surface area contributed by atoms with Crippen molar-refractivity contribution in [3.8, 4) is 5.75 Å². The Morgan fingerprint density at radius 1 is 1.46 bits per heavy atom. The summed E-state index contributed by atoms with van der Waals surface area (Å²) in [6.45, 7) is 7.36. The fourth-order valence-electron chi connectivity index (χ4n) is 3.14. The van der Waals surface area contributed by atoms with E-state index in [9.17, 15) is 0 Å². The first-order valence-electron chi connectivity index (χ1n) is 9.13. The van der Waals surface area contributed by atoms with Crippen LogP contribution in [0.3, 0.4) is 0 Å². The van der Waals surface area contributed by atoms with Gasteiger partial charge in [-0.3, -0.25) is 0 Å². The predicted molar refractivity (Wildman–Crippen MR) is 129 cm³/mol. The molecule has 1 aromatic carbocycles. The number of ether oxygens (including phenoxy) is 1. The number of guanidine groups is 1. The number of nitrogens with zero attached hydrogens (tertiary/aromatic N) is 3. The smallest absolute Gasteiger partial charge is 0.191 e. The number of hydrogen-bond donors (Lipinski definition) is 2. The van der Waals surface area contributed by atoms with Gasteiger partial charge in [-0.2, -0.15) is 0 Å². The third-order valence-corrected chi connectivity index (χ3v) is 5.53. The number of aliphatic imine (C=N–C) groups is 1. The molecule has 1 fully saturated rings. The highest BCUT2D eigenvalue weighted by atomic mass is 127. The standard InChI is InChI=1S/C19H26ClN5OS.HI/c1-4-21-19(23-11-18-22-10-13(2)27-18)24-15-7-8-25(12-15)16-9-14(20)5-6-17(16)26-3;/h5-6,9-10,15H,4,7-8,11-12H2,1-3H3,(H2,21,23,24);1H. The molecule has 1 atom stereocenters. The van der Waals surface area contributed by atoms with Crippen molar-refractivity contribution in [2.45, 2.75) is 32.9 Å². The van der Waals surface area contributed by atoms with Gasteiger partial charge in [0, 0.05) is 41.8 Å². The summed E-state index contributed by atoms with van der Waals surface area (Å²) in [4.78, 5) is 12.6. The molecule has 0 spiro atoms. The Bertz CT molecular complexity index is 800. The lowest BCUT2D eigenvalue weighted by Gasteiger charge is -2.22. The third-order valence-electron chi connectivity index (χ3n) is 4.40. The minimum absolute atomic E-state index is 0. The first-order valence-corrected chi connectivity index (χ1v) is 10.3. The SMILES string of the molecule is CCNC(=NCc1ncc(C)s1)NC1CCN(c2cc(Cl)ccc2OC)C1.I. The van der Waals surface area contributed by atoms with Gasteiger partial charge in [-0.1, -0.05) is 11.6 Å². The zero-order valence-electron chi connectivity index (χ0n) is 16.4. The molecule has 3 rings (SSSR count). The Morgan fingerprint density at radius 2 is 2.29 bits per heavy atom. The van der Waals surface area contributed by atoms with Crippen LogP contribution in [0.15, 0.2) is 29.4 Å². The van der Waals surface area contributed by atoms with Crippen molar-refractivity contribution in [3.63, 3.8) is 0 Å². The van der Waals surface area contributed by atoms with E-state index in [2.05, 4.69) is 39.4 Å². The minimum atomic E-state index is 0. The Hall–Kier alpha value is -1.26. The molecule has 0 saturated carbocycles. The van der Waals surface area contributed by atoms with Crippen molar-refractivity contribution in [1.82, 2.24) is 15.6 Å². The number of anilines is 1. The maximum atomic E-state index is 6.18. The number of aromatic nitrogens is 1. The molecule has 0 amide bonds. The topological polar surface area (TPSA) is 61.8 Å². The normalized spacial score (nSPS) is 16.6. The maximum absolute atomic E-state index is 6.18. The lowest BCUT2D eigenvalue weighted by atomic mass is 10.2. The summed E-state index contributed by atoms with van der Waals surface area (Å²) >= 11 is 7.87. The van der Waals surface area contributed by atoms with E-state index < -0.39 is 0 Å². The van der Waals surface area contributed by atoms with Gasteiger partial charge in [-0.15, -0.1) is 35.3 Å². The van der Waals surface area contributed by atoms with E-state index in [1.54, 1.807) is 18.4 Å². The summed E-state index contributed by atoms with van der Waals surface area (Å²) in [5.74, 6) is 1.68. The van der Waals surface area contributed by atoms with Crippen LogP contribution in [0, 0.1) is 6.92 Å². The van der Waals surface area contributed by atoms with E-state index in [4.69, 9.17) is 16.3 Å². The van der Waals surface area contributed by atoms with E-state index in [0.29, 0.717) is 12.6 Å². The zero-order valence-corrected chi connectivity index (χ0v) is 20.3. The Labute approximate surface area is 192 Å². The molecule has 1 saturated heterocycles. The van der Waals surface area contributed by atoms with E-state index in [1.165, 1.54) is 4.88 Å². The number of benzene rings is 1. The number of aryl methyl sites for hydroxylation is 1. The predicted octanol–water partition coefficient (Wildman–Crippen LogP) is 4.07. The molecule has 0 aliphatic carbocycles. The lowest BCUT2D eigenvalue weighted by Crippen LogP contribution is -2.44. The number of thiazole rings is 1. The average molecular weight is 536 g/mol. The molecule has 154 valence electrons. The summed E-state index contributed by atoms with van der Waals surface area (Å²) < 4.78 is 5.49. The van der Waals surface area contributed by atoms with Crippen LogP contribution in [-0.2, 0) is 6.54 Å². The van der Waals surface area contributed by atoms with Crippen LogP contribution in [0.1, 0.15) is 23.2 Å². The molecule has 1 aromatic heterocycles. The zero-order chi connectivity index (χ0) is 19.2. The number of methoxy groups -OCH3 is 1. The molecule has 1 aliphatic rings. The molecule has 2 aromatic rings. The van der Waals surface area contributed by atoms with Crippen molar-refractivity contribution in [3.05, 3.63) is 39.3 Å². The highest BCUT2D eigenvalue weighted by Crippen LogP contribution is 2.33. The highest BCUT2D eigenvalue weighted by molar-refractivity contribution is 14.0. The van der Waals surface area contributed by atoms with Crippen LogP contribution in [0.25, 0.3) is 0 Å². The molecular weight excluding hydrogens is 509 g/mol. The van der Waals surface area contributed by atoms with E-state index >= 15 is 0 Å². The fourth-order valence-corrected chi connectivity index (χ4v) is 4.02. The van der Waals surface area contributed by atoms with Gasteiger partial charge in [0.2, 0.25) is 0 Å². The molecule has 28 heavy (non-hydrogen) atoms. The van der Waals surface area contributed by atoms with Crippen molar-refractivity contribution in [1.29, 1.82) is 0 Å². The van der Waals surface area contributed by atoms with Gasteiger partial charge in [0.1, 0.15) is 10.8 Å². The Morgan fingerprint density at radius 3 is 2.96 bits per heavy atom. The van der Waals surface area contributed by atoms with Crippen LogP contribution in [0.2, 0.25) is 5.02 Å². The number of hydrogen-bond acceptors (Lipinski definition) is 5. The van der Waals surface area contributed by atoms with E-state index in [1.807, 2.05) is 24.4 Å². The largest absolute Gasteiger partial charge is 0.495 e. The molecule has 6 nitrogen and oxygen atoms in total. The van der Waals surface area contributed by atoms with Crippen molar-refractivity contribution in [2.24, 2.45) is 4.99 Å². The molecule has 1 unspecified atom stereocenters. The lowest BCUT2D eigenvalue weighted by molar-refractivity contribution is 0.415. The van der Waals surface area contributed by atoms with Gasteiger partial charge in [-0.25, -0.2) is 9.98 Å². The van der Waals surface area contributed by atoms with E-state index in [-0.39, 0.29) is 24.0 Å². The van der Waals surface area contributed by atoms with Crippen LogP contribution in [0.4, 0.5) is 5.69 Å². The molecule has 9 heteroatoms. The quantitative estimate of drug-likeness (QED) is 0.332. The Balaban J connectivity index is 0.00000280. The second-order valence-electron chi connectivity index (χ2n) is 6.45. The van der Waals surface area contributed by atoms with Gasteiger partial charge in [0.15, 0.2) is 5.96 Å². The minimum Gasteiger partial charge on any atom is -0.495 e. The van der Waals surface area contributed by atoms with Gasteiger partial charge in [-0.05, 0) is 38.5 Å². The second-order valence-corrected chi connectivity index (χ2v) is 8.21. The third kappa shape index (κ3) is 6.12. The van der Waals surface area contributed by atoms with Gasteiger partial charge in [0.05, 0.1) is 19.3 Å². The number of rotatable bonds is 6. The first-order chi connectivity index (χ1) is 13.1. The van der Waals surface area contributed by atoms with Crippen LogP contribution >= 0.6 is 46.9 Å². The Kier molecular flexibility index (Phi) is 9.10. The highest BCUT2D eigenvalue weighted by Gasteiger charge is 2.25. The second kappa shape index (κ2) is 11.1. The number of halogens is 2. The molecule has 2 heterocycles. The van der Waals surface area contributed by atoms with Crippen molar-refractivity contribution in [2.75, 3.05) is 31.6 Å². The molecule has 0 radical (unpaired) electrons. The van der Waals surface area contributed by atoms with Crippen molar-refractivity contribution < 1.29 is 4.74 Å².